The monoisotopic (exact) mass is 584 g/mol. The van der Waals surface area contributed by atoms with Gasteiger partial charge >= 0.3 is 5.91 Å². The van der Waals surface area contributed by atoms with Crippen molar-refractivity contribution in [3.05, 3.63) is 87.5 Å². The number of methoxy groups -OCH3 is 1. The Morgan fingerprint density at radius 1 is 0.952 bits per heavy atom. The number of carbonyl (C=O) groups is 2. The van der Waals surface area contributed by atoms with Crippen LogP contribution >= 0.6 is 11.3 Å². The number of aliphatic hydroxyl groups excluding tert-OH is 1. The van der Waals surface area contributed by atoms with Gasteiger partial charge in [-0.15, -0.1) is 0 Å². The Morgan fingerprint density at radius 3 is 2.48 bits per heavy atom. The van der Waals surface area contributed by atoms with Crippen molar-refractivity contribution in [1.29, 1.82) is 0 Å². The molecule has 3 aromatic carbocycles. The maximum Gasteiger partial charge on any atom is 0.301 e. The number of rotatable bonds is 9. The van der Waals surface area contributed by atoms with E-state index in [0.29, 0.717) is 34.4 Å². The van der Waals surface area contributed by atoms with Crippen LogP contribution in [-0.4, -0.2) is 35.5 Å². The molecule has 42 heavy (non-hydrogen) atoms. The molecule has 1 aliphatic heterocycles. The maximum absolute atomic E-state index is 13.8. The van der Waals surface area contributed by atoms with Crippen LogP contribution in [0.3, 0.4) is 0 Å². The lowest BCUT2D eigenvalue weighted by atomic mass is 9.93. The lowest BCUT2D eigenvalue weighted by Crippen LogP contribution is -2.29. The maximum atomic E-state index is 13.8. The summed E-state index contributed by atoms with van der Waals surface area (Å²) in [6.07, 6.45) is 3.07. The van der Waals surface area contributed by atoms with Gasteiger partial charge in [0, 0.05) is 5.56 Å². The number of anilines is 1. The molecule has 0 aliphatic carbocycles. The number of amides is 1. The van der Waals surface area contributed by atoms with Crippen LogP contribution in [0.15, 0.2) is 54.1 Å². The van der Waals surface area contributed by atoms with Crippen molar-refractivity contribution in [3.8, 4) is 11.5 Å². The van der Waals surface area contributed by atoms with Crippen LogP contribution in [0.2, 0.25) is 0 Å². The van der Waals surface area contributed by atoms with Gasteiger partial charge in [0.1, 0.15) is 5.76 Å². The first-order valence-electron chi connectivity index (χ1n) is 14.2. The normalized spacial score (nSPS) is 16.4. The molecule has 7 nitrogen and oxygen atoms in total. The van der Waals surface area contributed by atoms with Crippen LogP contribution < -0.4 is 14.4 Å². The van der Waals surface area contributed by atoms with Crippen molar-refractivity contribution in [2.45, 2.75) is 59.9 Å². The zero-order valence-corrected chi connectivity index (χ0v) is 25.7. The minimum Gasteiger partial charge on any atom is -0.507 e. The summed E-state index contributed by atoms with van der Waals surface area (Å²) in [5, 5.41) is 12.1. The van der Waals surface area contributed by atoms with Crippen LogP contribution in [0.5, 0.6) is 11.5 Å². The van der Waals surface area contributed by atoms with E-state index in [4.69, 9.17) is 14.5 Å². The van der Waals surface area contributed by atoms with Crippen molar-refractivity contribution >= 4 is 44.1 Å². The second-order valence-electron chi connectivity index (χ2n) is 10.9. The molecule has 1 amide bonds. The van der Waals surface area contributed by atoms with Gasteiger partial charge in [0.05, 0.1) is 35.5 Å². The number of carbonyl (C=O) groups excluding carboxylic acids is 2. The SMILES string of the molecule is CCCCCOc1ccc(C2C(=C(O)c3cc(C)ccc3C)C(=O)C(=O)N2c2nc3c(C)cc(C)cc3s2)cc1OC. The zero-order chi connectivity index (χ0) is 30.1. The second kappa shape index (κ2) is 12.0. The van der Waals surface area contributed by atoms with Gasteiger partial charge in [-0.1, -0.05) is 60.9 Å². The summed E-state index contributed by atoms with van der Waals surface area (Å²) < 4.78 is 12.6. The third kappa shape index (κ3) is 5.39. The number of aliphatic hydroxyl groups is 1. The largest absolute Gasteiger partial charge is 0.507 e. The van der Waals surface area contributed by atoms with Gasteiger partial charge in [-0.05, 0) is 80.6 Å². The molecular formula is C34H36N2O5S. The highest BCUT2D eigenvalue weighted by Crippen LogP contribution is 2.46. The molecule has 0 radical (unpaired) electrons. The standard InChI is InChI=1S/C34H36N2O5S/c1-7-8-9-14-41-25-13-12-23(18-26(25)40-6)30-28(31(37)24-16-19(2)10-11-21(24)4)32(38)33(39)36(30)34-35-29-22(5)15-20(3)17-27(29)42-34/h10-13,15-18,30,37H,7-9,14H2,1-6H3. The van der Waals surface area contributed by atoms with Gasteiger partial charge in [-0.3, -0.25) is 14.5 Å². The number of nitrogens with zero attached hydrogens (tertiary/aromatic N) is 2. The molecule has 0 spiro atoms. The highest BCUT2D eigenvalue weighted by molar-refractivity contribution is 7.22. The molecule has 0 bridgehead atoms. The molecule has 5 rings (SSSR count). The first-order valence-corrected chi connectivity index (χ1v) is 15.0. The molecule has 1 N–H and O–H groups in total. The lowest BCUT2D eigenvalue weighted by molar-refractivity contribution is -0.132. The minimum atomic E-state index is -0.921. The van der Waals surface area contributed by atoms with Crippen molar-refractivity contribution < 1.29 is 24.2 Å². The Morgan fingerprint density at radius 2 is 1.74 bits per heavy atom. The number of benzene rings is 3. The van der Waals surface area contributed by atoms with E-state index in [1.807, 2.05) is 64.1 Å². The molecule has 1 saturated heterocycles. The van der Waals surface area contributed by atoms with Crippen LogP contribution in [0.1, 0.15) is 65.6 Å². The number of unbranched alkanes of at least 4 members (excludes halogenated alkanes) is 2. The molecule has 2 heterocycles. The minimum absolute atomic E-state index is 0.0134. The predicted octanol–water partition coefficient (Wildman–Crippen LogP) is 7.73. The predicted molar refractivity (Wildman–Crippen MR) is 168 cm³/mol. The number of hydrogen-bond acceptors (Lipinski definition) is 7. The fourth-order valence-electron chi connectivity index (χ4n) is 5.45. The van der Waals surface area contributed by atoms with E-state index in [1.165, 1.54) is 16.2 Å². The number of thiazole rings is 1. The van der Waals surface area contributed by atoms with E-state index in [2.05, 4.69) is 6.92 Å². The number of ketones is 1. The molecule has 4 aromatic rings. The van der Waals surface area contributed by atoms with Crippen molar-refractivity contribution in [3.63, 3.8) is 0 Å². The van der Waals surface area contributed by atoms with Crippen LogP contribution in [0, 0.1) is 27.7 Å². The van der Waals surface area contributed by atoms with Crippen molar-refractivity contribution in [2.75, 3.05) is 18.6 Å². The van der Waals surface area contributed by atoms with Gasteiger partial charge in [0.2, 0.25) is 0 Å². The number of hydrogen-bond donors (Lipinski definition) is 1. The summed E-state index contributed by atoms with van der Waals surface area (Å²) in [5.41, 5.74) is 5.70. The van der Waals surface area contributed by atoms with E-state index < -0.39 is 17.7 Å². The van der Waals surface area contributed by atoms with Gasteiger partial charge < -0.3 is 14.6 Å². The number of Topliss-reactive ketones (excluding diaryl/α,β-unsaturated/α-hetero) is 1. The number of aryl methyl sites for hydroxylation is 4. The molecule has 0 saturated carbocycles. The highest BCUT2D eigenvalue weighted by Gasteiger charge is 2.48. The Hall–Kier alpha value is -4.17. The Kier molecular flexibility index (Phi) is 8.36. The number of aromatic nitrogens is 1. The number of ether oxygens (including phenoxy) is 2. The van der Waals surface area contributed by atoms with E-state index in [9.17, 15) is 14.7 Å². The summed E-state index contributed by atoms with van der Waals surface area (Å²) in [6, 6.07) is 14.2. The zero-order valence-electron chi connectivity index (χ0n) is 24.9. The smallest absolute Gasteiger partial charge is 0.301 e. The molecule has 1 fully saturated rings. The second-order valence-corrected chi connectivity index (χ2v) is 11.9. The quantitative estimate of drug-likeness (QED) is 0.0937. The third-order valence-corrected chi connectivity index (χ3v) is 8.63. The van der Waals surface area contributed by atoms with Gasteiger partial charge in [0.15, 0.2) is 16.6 Å². The Labute approximate surface area is 250 Å². The number of fused-ring (bicyclic) bond motifs is 1. The average molecular weight is 585 g/mol. The first kappa shape index (κ1) is 29.3. The van der Waals surface area contributed by atoms with Crippen LogP contribution in [0.4, 0.5) is 5.13 Å². The van der Waals surface area contributed by atoms with Crippen molar-refractivity contribution in [1.82, 2.24) is 4.98 Å². The van der Waals surface area contributed by atoms with Crippen molar-refractivity contribution in [2.24, 2.45) is 0 Å². The summed E-state index contributed by atoms with van der Waals surface area (Å²) >= 11 is 1.35. The van der Waals surface area contributed by atoms with Gasteiger partial charge in [0.25, 0.3) is 5.78 Å². The topological polar surface area (TPSA) is 89.0 Å². The molecule has 1 unspecified atom stereocenters. The molecular weight excluding hydrogens is 548 g/mol. The first-order chi connectivity index (χ1) is 20.1. The van der Waals surface area contributed by atoms with E-state index in [-0.39, 0.29) is 11.3 Å². The Balaban J connectivity index is 1.70. The molecule has 1 aromatic heterocycles. The molecule has 8 heteroatoms. The average Bonchev–Trinajstić information content (AvgIpc) is 3.50. The summed E-state index contributed by atoms with van der Waals surface area (Å²) in [5.74, 6) is -0.648. The van der Waals surface area contributed by atoms with Gasteiger partial charge in [-0.25, -0.2) is 4.98 Å². The van der Waals surface area contributed by atoms with E-state index in [0.717, 1.165) is 51.7 Å². The summed E-state index contributed by atoms with van der Waals surface area (Å²) in [7, 11) is 1.56. The Bertz CT molecular complexity index is 1720. The fraction of sp³-hybridized carbons (Fsp3) is 0.324. The summed E-state index contributed by atoms with van der Waals surface area (Å²) in [4.78, 5) is 33.8. The fourth-order valence-corrected chi connectivity index (χ4v) is 6.62. The van der Waals surface area contributed by atoms with Gasteiger partial charge in [-0.2, -0.15) is 0 Å². The summed E-state index contributed by atoms with van der Waals surface area (Å²) in [6.45, 7) is 10.5. The highest BCUT2D eigenvalue weighted by atomic mass is 32.1. The lowest BCUT2D eigenvalue weighted by Gasteiger charge is -2.24. The van der Waals surface area contributed by atoms with Crippen LogP contribution in [-0.2, 0) is 9.59 Å². The third-order valence-electron chi connectivity index (χ3n) is 7.63. The van der Waals surface area contributed by atoms with Crippen LogP contribution in [0.25, 0.3) is 16.0 Å². The molecule has 218 valence electrons. The van der Waals surface area contributed by atoms with E-state index in [1.54, 1.807) is 19.2 Å². The molecule has 1 atom stereocenters. The molecule has 1 aliphatic rings. The van der Waals surface area contributed by atoms with E-state index >= 15 is 0 Å².